The lowest BCUT2D eigenvalue weighted by Crippen LogP contribution is -2.27. The average molecular weight is 399 g/mol. The van der Waals surface area contributed by atoms with Gasteiger partial charge in [-0.15, -0.1) is 0 Å². The maximum atomic E-state index is 10.8. The summed E-state index contributed by atoms with van der Waals surface area (Å²) in [6.07, 6.45) is -1.33. The number of aliphatic hydroxyl groups excluding tert-OH is 1. The Hall–Kier alpha value is -2.82. The molecule has 0 saturated heterocycles. The van der Waals surface area contributed by atoms with Crippen molar-refractivity contribution in [3.05, 3.63) is 95.6 Å². The van der Waals surface area contributed by atoms with E-state index >= 15 is 0 Å². The van der Waals surface area contributed by atoms with Crippen LogP contribution in [0, 0.1) is 0 Å². The first kappa shape index (κ1) is 13.4. The van der Waals surface area contributed by atoms with Gasteiger partial charge in [-0.25, -0.2) is 0 Å². The molecule has 0 heterocycles. The summed E-state index contributed by atoms with van der Waals surface area (Å²) in [5.41, 5.74) is 2.19. The van der Waals surface area contributed by atoms with Crippen LogP contribution in [0.5, 0.6) is 11.5 Å². The van der Waals surface area contributed by atoms with Gasteiger partial charge >= 0.3 is 0 Å². The highest BCUT2D eigenvalue weighted by Crippen LogP contribution is 2.28. The standard InChI is InChI=1S/C25H29NO3/c1-19(2)26-16-25(27)22-13-23(28-17-20-9-5-3-6-10-20)15-24(14-22)29-18-21-11-7-4-8-12-21/h3-15,19,25-27H,16-18H2,1-2H3/i1D3,2D3,19D. The SMILES string of the molecule is [2H]C([2H])([2H])C([2H])(NCC(O)c1cc(OCc2ccccc2)cc(OCc2ccccc2)c1)C([2H])([2H])[2H]. The third-order valence-electron chi connectivity index (χ3n) is 4.26. The summed E-state index contributed by atoms with van der Waals surface area (Å²) in [7, 11) is 0. The quantitative estimate of drug-likeness (QED) is 0.511. The van der Waals surface area contributed by atoms with Crippen molar-refractivity contribution < 1.29 is 24.2 Å². The summed E-state index contributed by atoms with van der Waals surface area (Å²) in [5, 5.41) is 13.0. The topological polar surface area (TPSA) is 50.7 Å². The third-order valence-corrected chi connectivity index (χ3v) is 4.26. The molecule has 3 aromatic carbocycles. The number of ether oxygens (including phenoxy) is 2. The third kappa shape index (κ3) is 6.93. The van der Waals surface area contributed by atoms with E-state index in [4.69, 9.17) is 19.1 Å². The number of aliphatic hydroxyl groups is 1. The van der Waals surface area contributed by atoms with Crippen LogP contribution in [0.25, 0.3) is 0 Å². The molecule has 0 spiro atoms. The molecule has 0 aliphatic rings. The highest BCUT2D eigenvalue weighted by atomic mass is 16.5. The van der Waals surface area contributed by atoms with Gasteiger partial charge < -0.3 is 19.9 Å². The number of hydrogen-bond donors (Lipinski definition) is 2. The van der Waals surface area contributed by atoms with Crippen LogP contribution < -0.4 is 14.8 Å². The minimum Gasteiger partial charge on any atom is -0.489 e. The van der Waals surface area contributed by atoms with Gasteiger partial charge in [-0.1, -0.05) is 74.4 Å². The minimum atomic E-state index is -3.15. The first-order valence-electron chi connectivity index (χ1n) is 12.8. The summed E-state index contributed by atoms with van der Waals surface area (Å²) in [6, 6.07) is 20.9. The molecule has 0 saturated carbocycles. The zero-order chi connectivity index (χ0) is 26.4. The normalized spacial score (nSPS) is 16.8. The second-order valence-corrected chi connectivity index (χ2v) is 6.56. The van der Waals surface area contributed by atoms with Gasteiger partial charge in [0.05, 0.1) is 6.10 Å². The van der Waals surface area contributed by atoms with Gasteiger partial charge in [-0.2, -0.15) is 0 Å². The van der Waals surface area contributed by atoms with Crippen molar-refractivity contribution >= 4 is 0 Å². The van der Waals surface area contributed by atoms with Gasteiger partial charge in [-0.05, 0) is 28.8 Å². The summed E-state index contributed by atoms with van der Waals surface area (Å²) >= 11 is 0. The van der Waals surface area contributed by atoms with E-state index < -0.39 is 32.4 Å². The Balaban J connectivity index is 1.81. The van der Waals surface area contributed by atoms with Crippen LogP contribution in [-0.4, -0.2) is 17.7 Å². The molecular formula is C25H29NO3. The zero-order valence-electron chi connectivity index (χ0n) is 23.0. The second kappa shape index (κ2) is 10.6. The molecule has 0 aliphatic carbocycles. The lowest BCUT2D eigenvalue weighted by atomic mass is 10.1. The molecule has 1 atom stereocenters. The molecule has 152 valence electrons. The molecule has 4 heteroatoms. The summed E-state index contributed by atoms with van der Waals surface area (Å²) in [5.74, 6) is 0.810. The average Bonchev–Trinajstić information content (AvgIpc) is 2.84. The molecule has 0 amide bonds. The van der Waals surface area contributed by atoms with Gasteiger partial charge in [0.15, 0.2) is 0 Å². The molecule has 1 unspecified atom stereocenters. The first-order valence-corrected chi connectivity index (χ1v) is 9.30. The summed E-state index contributed by atoms with van der Waals surface area (Å²) < 4.78 is 65.1. The van der Waals surface area contributed by atoms with E-state index in [1.54, 1.807) is 18.2 Å². The van der Waals surface area contributed by atoms with Crippen LogP contribution in [0.3, 0.4) is 0 Å². The van der Waals surface area contributed by atoms with Gasteiger partial charge in [0.2, 0.25) is 0 Å². The van der Waals surface area contributed by atoms with E-state index in [9.17, 15) is 5.11 Å². The molecular weight excluding hydrogens is 362 g/mol. The van der Waals surface area contributed by atoms with Crippen LogP contribution in [0.4, 0.5) is 0 Å². The van der Waals surface area contributed by atoms with Crippen molar-refractivity contribution in [1.82, 2.24) is 5.32 Å². The van der Waals surface area contributed by atoms with E-state index in [1.807, 2.05) is 60.7 Å². The predicted octanol–water partition coefficient (Wildman–Crippen LogP) is 4.88. The Kier molecular flexibility index (Phi) is 4.93. The molecule has 0 aliphatic heterocycles. The van der Waals surface area contributed by atoms with Crippen LogP contribution in [0.2, 0.25) is 0 Å². The molecule has 0 radical (unpaired) electrons. The van der Waals surface area contributed by atoms with E-state index in [0.717, 1.165) is 11.1 Å². The Morgan fingerprint density at radius 1 is 0.862 bits per heavy atom. The number of nitrogens with one attached hydrogen (secondary N) is 1. The molecule has 29 heavy (non-hydrogen) atoms. The number of rotatable bonds is 10. The molecule has 0 aromatic heterocycles. The highest BCUT2D eigenvalue weighted by molar-refractivity contribution is 5.40. The van der Waals surface area contributed by atoms with Gasteiger partial charge in [-0.3, -0.25) is 0 Å². The summed E-state index contributed by atoms with van der Waals surface area (Å²) in [6.45, 7) is -6.25. The first-order chi connectivity index (χ1) is 16.9. The van der Waals surface area contributed by atoms with Crippen molar-refractivity contribution in [2.75, 3.05) is 6.54 Å². The van der Waals surface area contributed by atoms with Crippen LogP contribution in [0.15, 0.2) is 78.9 Å². The maximum Gasteiger partial charge on any atom is 0.123 e. The lowest BCUT2D eigenvalue weighted by Gasteiger charge is -2.17. The van der Waals surface area contributed by atoms with Crippen molar-refractivity contribution in [3.8, 4) is 11.5 Å². The monoisotopic (exact) mass is 398 g/mol. The van der Waals surface area contributed by atoms with Gasteiger partial charge in [0.25, 0.3) is 0 Å². The largest absolute Gasteiger partial charge is 0.489 e. The smallest absolute Gasteiger partial charge is 0.123 e. The molecule has 0 bridgehead atoms. The predicted molar refractivity (Wildman–Crippen MR) is 116 cm³/mol. The van der Waals surface area contributed by atoms with E-state index in [1.165, 1.54) is 0 Å². The lowest BCUT2D eigenvalue weighted by molar-refractivity contribution is 0.170. The van der Waals surface area contributed by atoms with E-state index in [2.05, 4.69) is 5.32 Å². The van der Waals surface area contributed by atoms with Crippen molar-refractivity contribution in [2.45, 2.75) is 39.0 Å². The van der Waals surface area contributed by atoms with Crippen LogP contribution in [0.1, 0.15) is 46.1 Å². The van der Waals surface area contributed by atoms with Crippen molar-refractivity contribution in [3.63, 3.8) is 0 Å². The Morgan fingerprint density at radius 3 is 1.86 bits per heavy atom. The molecule has 2 N–H and O–H groups in total. The summed E-state index contributed by atoms with van der Waals surface area (Å²) in [4.78, 5) is 0. The maximum absolute atomic E-state index is 10.8. The molecule has 0 fully saturated rings. The highest BCUT2D eigenvalue weighted by Gasteiger charge is 2.12. The number of benzene rings is 3. The molecule has 3 rings (SSSR count). The zero-order valence-corrected chi connectivity index (χ0v) is 16.0. The van der Waals surface area contributed by atoms with Gasteiger partial charge in [0, 0.05) is 28.2 Å². The van der Waals surface area contributed by atoms with Crippen LogP contribution in [-0.2, 0) is 13.2 Å². The Bertz CT molecular complexity index is 1030. The van der Waals surface area contributed by atoms with E-state index in [0.29, 0.717) is 17.1 Å². The Morgan fingerprint density at radius 2 is 1.38 bits per heavy atom. The molecule has 4 nitrogen and oxygen atoms in total. The minimum absolute atomic E-state index is 0.269. The van der Waals surface area contributed by atoms with Crippen molar-refractivity contribution in [2.24, 2.45) is 0 Å². The van der Waals surface area contributed by atoms with Crippen LogP contribution >= 0.6 is 0 Å². The van der Waals surface area contributed by atoms with Gasteiger partial charge in [0.1, 0.15) is 24.7 Å². The Labute approximate surface area is 183 Å². The van der Waals surface area contributed by atoms with Crippen molar-refractivity contribution in [1.29, 1.82) is 0 Å². The fourth-order valence-electron chi connectivity index (χ4n) is 2.75. The van der Waals surface area contributed by atoms with E-state index in [-0.39, 0.29) is 13.2 Å². The molecule has 3 aromatic rings. The number of hydrogen-bond acceptors (Lipinski definition) is 4. The fraction of sp³-hybridized carbons (Fsp3) is 0.280. The fourth-order valence-corrected chi connectivity index (χ4v) is 2.75. The second-order valence-electron chi connectivity index (χ2n) is 6.56.